The van der Waals surface area contributed by atoms with Gasteiger partial charge in [-0.1, -0.05) is 13.8 Å². The quantitative estimate of drug-likeness (QED) is 0.701. The lowest BCUT2D eigenvalue weighted by molar-refractivity contribution is 0.0995. The van der Waals surface area contributed by atoms with E-state index in [9.17, 15) is 4.79 Å². The van der Waals surface area contributed by atoms with Crippen LogP contribution in [0.2, 0.25) is 0 Å². The van der Waals surface area contributed by atoms with E-state index in [1.807, 2.05) is 13.8 Å². The summed E-state index contributed by atoms with van der Waals surface area (Å²) >= 11 is 0. The molecule has 0 fully saturated rings. The van der Waals surface area contributed by atoms with Crippen LogP contribution in [0.5, 0.6) is 0 Å². The van der Waals surface area contributed by atoms with Crippen molar-refractivity contribution in [3.8, 4) is 0 Å². The number of hydrogen-bond donors (Lipinski definition) is 1. The Balaban J connectivity index is 3.04. The average molecular weight is 165 g/mol. The highest BCUT2D eigenvalue weighted by Gasteiger charge is 2.05. The molecule has 1 aromatic rings. The highest BCUT2D eigenvalue weighted by molar-refractivity contribution is 5.90. The number of carbonyl (C=O) groups is 1. The third kappa shape index (κ3) is 1.78. The van der Waals surface area contributed by atoms with E-state index in [-0.39, 0.29) is 11.6 Å². The Kier molecular flexibility index (Phi) is 2.38. The molecular weight excluding hydrogens is 154 g/mol. The predicted molar refractivity (Wildman–Crippen MR) is 44.6 cm³/mol. The minimum atomic E-state index is -0.515. The van der Waals surface area contributed by atoms with E-state index >= 15 is 0 Å². The summed E-state index contributed by atoms with van der Waals surface area (Å²) in [7, 11) is 0. The smallest absolute Gasteiger partial charge is 0.267 e. The minimum Gasteiger partial charge on any atom is -0.364 e. The molecule has 64 valence electrons. The molecule has 1 aromatic heterocycles. The standard InChI is InChI=1S/C8H11N3O/c1-5(2)6-3-7(8(9)12)11-4-10-6/h3-5H,1-2H3,(H2,9,12). The Labute approximate surface area is 70.8 Å². The van der Waals surface area contributed by atoms with Crippen molar-refractivity contribution in [2.24, 2.45) is 5.73 Å². The largest absolute Gasteiger partial charge is 0.364 e. The summed E-state index contributed by atoms with van der Waals surface area (Å²) in [5.74, 6) is -0.231. The molecule has 0 unspecified atom stereocenters. The molecule has 4 nitrogen and oxygen atoms in total. The third-order valence-electron chi connectivity index (χ3n) is 1.53. The summed E-state index contributed by atoms with van der Waals surface area (Å²) in [6.45, 7) is 3.99. The first kappa shape index (κ1) is 8.64. The maximum absolute atomic E-state index is 10.7. The molecule has 1 amide bonds. The molecule has 1 rings (SSSR count). The van der Waals surface area contributed by atoms with E-state index in [4.69, 9.17) is 5.73 Å². The molecule has 0 aromatic carbocycles. The number of hydrogen-bond acceptors (Lipinski definition) is 3. The summed E-state index contributed by atoms with van der Waals surface area (Å²) in [5.41, 5.74) is 6.16. The number of amides is 1. The third-order valence-corrected chi connectivity index (χ3v) is 1.53. The van der Waals surface area contributed by atoms with Crippen LogP contribution in [0.3, 0.4) is 0 Å². The number of carbonyl (C=O) groups excluding carboxylic acids is 1. The second-order valence-corrected chi connectivity index (χ2v) is 2.85. The lowest BCUT2D eigenvalue weighted by atomic mass is 10.1. The van der Waals surface area contributed by atoms with Crippen LogP contribution in [-0.2, 0) is 0 Å². The summed E-state index contributed by atoms with van der Waals surface area (Å²) < 4.78 is 0. The van der Waals surface area contributed by atoms with Gasteiger partial charge in [-0.15, -0.1) is 0 Å². The molecule has 0 saturated carbocycles. The Bertz CT molecular complexity index is 296. The van der Waals surface area contributed by atoms with Crippen molar-refractivity contribution in [2.45, 2.75) is 19.8 Å². The van der Waals surface area contributed by atoms with Crippen molar-refractivity contribution in [3.05, 3.63) is 23.8 Å². The SMILES string of the molecule is CC(C)c1cc(C(N)=O)ncn1. The monoisotopic (exact) mass is 165 g/mol. The van der Waals surface area contributed by atoms with Gasteiger partial charge < -0.3 is 5.73 Å². The van der Waals surface area contributed by atoms with Crippen molar-refractivity contribution < 1.29 is 4.79 Å². The van der Waals surface area contributed by atoms with E-state index < -0.39 is 5.91 Å². The second-order valence-electron chi connectivity index (χ2n) is 2.85. The van der Waals surface area contributed by atoms with Gasteiger partial charge in [0.2, 0.25) is 0 Å². The summed E-state index contributed by atoms with van der Waals surface area (Å²) in [5, 5.41) is 0. The molecule has 0 bridgehead atoms. The first-order chi connectivity index (χ1) is 5.61. The fourth-order valence-electron chi connectivity index (χ4n) is 0.823. The molecule has 0 saturated heterocycles. The predicted octanol–water partition coefficient (Wildman–Crippen LogP) is 0.699. The van der Waals surface area contributed by atoms with Crippen LogP contribution in [0.25, 0.3) is 0 Å². The fraction of sp³-hybridized carbons (Fsp3) is 0.375. The average Bonchev–Trinajstić information content (AvgIpc) is 2.04. The zero-order chi connectivity index (χ0) is 9.14. The van der Waals surface area contributed by atoms with Crippen molar-refractivity contribution in [1.29, 1.82) is 0 Å². The van der Waals surface area contributed by atoms with E-state index in [0.717, 1.165) is 5.69 Å². The summed E-state index contributed by atoms with van der Waals surface area (Å²) in [4.78, 5) is 18.4. The molecule has 0 aliphatic rings. The van der Waals surface area contributed by atoms with Crippen LogP contribution < -0.4 is 5.73 Å². The van der Waals surface area contributed by atoms with Gasteiger partial charge in [-0.2, -0.15) is 0 Å². The lowest BCUT2D eigenvalue weighted by Crippen LogP contribution is -2.14. The highest BCUT2D eigenvalue weighted by Crippen LogP contribution is 2.10. The number of nitrogens with zero attached hydrogens (tertiary/aromatic N) is 2. The summed E-state index contributed by atoms with van der Waals surface area (Å²) in [6.07, 6.45) is 1.36. The highest BCUT2D eigenvalue weighted by atomic mass is 16.1. The van der Waals surface area contributed by atoms with Crippen molar-refractivity contribution in [1.82, 2.24) is 9.97 Å². The Morgan fingerprint density at radius 1 is 1.50 bits per heavy atom. The van der Waals surface area contributed by atoms with Crippen LogP contribution >= 0.6 is 0 Å². The second kappa shape index (κ2) is 3.30. The maximum atomic E-state index is 10.7. The van der Waals surface area contributed by atoms with Crippen LogP contribution in [0.1, 0.15) is 35.9 Å². The van der Waals surface area contributed by atoms with Crippen LogP contribution in [0, 0.1) is 0 Å². The zero-order valence-corrected chi connectivity index (χ0v) is 7.11. The molecule has 0 aliphatic carbocycles. The Morgan fingerprint density at radius 2 is 2.17 bits per heavy atom. The first-order valence-corrected chi connectivity index (χ1v) is 3.73. The van der Waals surface area contributed by atoms with Crippen LogP contribution in [0.4, 0.5) is 0 Å². The summed E-state index contributed by atoms with van der Waals surface area (Å²) in [6, 6.07) is 1.62. The molecule has 1 heterocycles. The maximum Gasteiger partial charge on any atom is 0.267 e. The molecule has 12 heavy (non-hydrogen) atoms. The normalized spacial score (nSPS) is 10.2. The number of rotatable bonds is 2. The van der Waals surface area contributed by atoms with Crippen molar-refractivity contribution in [3.63, 3.8) is 0 Å². The van der Waals surface area contributed by atoms with E-state index in [1.165, 1.54) is 6.33 Å². The van der Waals surface area contributed by atoms with Crippen molar-refractivity contribution in [2.75, 3.05) is 0 Å². The van der Waals surface area contributed by atoms with Crippen LogP contribution in [-0.4, -0.2) is 15.9 Å². The van der Waals surface area contributed by atoms with E-state index in [1.54, 1.807) is 6.07 Å². The molecule has 0 aliphatic heterocycles. The lowest BCUT2D eigenvalue weighted by Gasteiger charge is -2.03. The Hall–Kier alpha value is -1.45. The van der Waals surface area contributed by atoms with Gasteiger partial charge in [-0.3, -0.25) is 4.79 Å². The zero-order valence-electron chi connectivity index (χ0n) is 7.11. The minimum absolute atomic E-state index is 0.272. The van der Waals surface area contributed by atoms with E-state index in [2.05, 4.69) is 9.97 Å². The van der Waals surface area contributed by atoms with Gasteiger partial charge >= 0.3 is 0 Å². The van der Waals surface area contributed by atoms with Crippen LogP contribution in [0.15, 0.2) is 12.4 Å². The molecular formula is C8H11N3O. The van der Waals surface area contributed by atoms with Gasteiger partial charge in [0.25, 0.3) is 5.91 Å². The molecule has 2 N–H and O–H groups in total. The van der Waals surface area contributed by atoms with E-state index in [0.29, 0.717) is 0 Å². The van der Waals surface area contributed by atoms with Gasteiger partial charge in [-0.25, -0.2) is 9.97 Å². The van der Waals surface area contributed by atoms with Gasteiger partial charge in [-0.05, 0) is 12.0 Å². The van der Waals surface area contributed by atoms with Gasteiger partial charge in [0.05, 0.1) is 0 Å². The van der Waals surface area contributed by atoms with Crippen molar-refractivity contribution >= 4 is 5.91 Å². The van der Waals surface area contributed by atoms with Gasteiger partial charge in [0.15, 0.2) is 0 Å². The Morgan fingerprint density at radius 3 is 2.67 bits per heavy atom. The fourth-order valence-corrected chi connectivity index (χ4v) is 0.823. The number of nitrogens with two attached hydrogens (primary N) is 1. The molecule has 0 radical (unpaired) electrons. The molecule has 4 heteroatoms. The topological polar surface area (TPSA) is 68.9 Å². The molecule has 0 atom stereocenters. The number of primary amides is 1. The first-order valence-electron chi connectivity index (χ1n) is 3.73. The van der Waals surface area contributed by atoms with Gasteiger partial charge in [0, 0.05) is 5.69 Å². The number of aromatic nitrogens is 2. The van der Waals surface area contributed by atoms with Gasteiger partial charge in [0.1, 0.15) is 12.0 Å². The molecule has 0 spiro atoms.